The molecular formula is C16H17BrN2O. The molecule has 0 fully saturated rings. The maximum atomic E-state index is 6.02. The van der Waals surface area contributed by atoms with E-state index in [4.69, 9.17) is 4.74 Å². The van der Waals surface area contributed by atoms with Crippen LogP contribution in [0, 0.1) is 11.8 Å². The van der Waals surface area contributed by atoms with Gasteiger partial charge in [0.2, 0.25) is 0 Å². The first-order chi connectivity index (χ1) is 9.74. The van der Waals surface area contributed by atoms with Crippen LogP contribution in [0.5, 0.6) is 5.75 Å². The highest BCUT2D eigenvalue weighted by atomic mass is 79.9. The summed E-state index contributed by atoms with van der Waals surface area (Å²) in [6, 6.07) is 3.85. The Morgan fingerprint density at radius 2 is 2.15 bits per heavy atom. The molecule has 3 nitrogen and oxygen atoms in total. The first kappa shape index (κ1) is 13.6. The molecule has 0 aliphatic heterocycles. The van der Waals surface area contributed by atoms with Gasteiger partial charge in [-0.3, -0.25) is 4.98 Å². The van der Waals surface area contributed by atoms with Crippen LogP contribution in [-0.4, -0.2) is 16.6 Å². The summed E-state index contributed by atoms with van der Waals surface area (Å²) in [5.74, 6) is 2.08. The minimum atomic E-state index is 0.582. The summed E-state index contributed by atoms with van der Waals surface area (Å²) in [4.78, 5) is 8.74. The predicted molar refractivity (Wildman–Crippen MR) is 83.8 cm³/mol. The fourth-order valence-electron chi connectivity index (χ4n) is 2.53. The lowest BCUT2D eigenvalue weighted by molar-refractivity contribution is 0.200. The number of rotatable bonds is 3. The zero-order chi connectivity index (χ0) is 13.9. The van der Waals surface area contributed by atoms with Gasteiger partial charge >= 0.3 is 0 Å². The Kier molecular flexibility index (Phi) is 4.01. The molecule has 1 aliphatic rings. The molecule has 0 radical (unpaired) electrons. The van der Waals surface area contributed by atoms with Gasteiger partial charge in [0.25, 0.3) is 0 Å². The van der Waals surface area contributed by atoms with Gasteiger partial charge in [-0.2, -0.15) is 0 Å². The number of hydrogen-bond acceptors (Lipinski definition) is 3. The van der Waals surface area contributed by atoms with Crippen molar-refractivity contribution < 1.29 is 4.74 Å². The Morgan fingerprint density at radius 3 is 3.00 bits per heavy atom. The maximum absolute atomic E-state index is 6.02. The van der Waals surface area contributed by atoms with Crippen LogP contribution in [0.4, 0.5) is 0 Å². The Hall–Kier alpha value is -1.42. The van der Waals surface area contributed by atoms with E-state index in [2.05, 4.69) is 45.0 Å². The normalized spacial score (nSPS) is 22.1. The van der Waals surface area contributed by atoms with Crippen LogP contribution in [0.15, 0.2) is 41.2 Å². The van der Waals surface area contributed by atoms with E-state index >= 15 is 0 Å². The van der Waals surface area contributed by atoms with E-state index in [1.54, 1.807) is 12.4 Å². The van der Waals surface area contributed by atoms with Crippen LogP contribution >= 0.6 is 15.9 Å². The highest BCUT2D eigenvalue weighted by Crippen LogP contribution is 2.28. The van der Waals surface area contributed by atoms with Gasteiger partial charge in [-0.25, -0.2) is 4.98 Å². The van der Waals surface area contributed by atoms with E-state index in [-0.39, 0.29) is 0 Å². The summed E-state index contributed by atoms with van der Waals surface area (Å²) < 4.78 is 6.95. The van der Waals surface area contributed by atoms with Crippen molar-refractivity contribution in [3.05, 3.63) is 41.2 Å². The van der Waals surface area contributed by atoms with Crippen LogP contribution in [0.2, 0.25) is 0 Å². The average molecular weight is 333 g/mol. The standard InChI is InChI=1S/C16H17BrN2O/c1-11-4-2-3-5-12(11)10-20-15-6-7-18-14-8-13(17)9-19-16(14)15/h2-3,6-9,11-12H,4-5,10H2,1H3. The minimum absolute atomic E-state index is 0.582. The van der Waals surface area contributed by atoms with Crippen molar-refractivity contribution in [3.63, 3.8) is 0 Å². The molecule has 104 valence electrons. The lowest BCUT2D eigenvalue weighted by Gasteiger charge is -2.25. The highest BCUT2D eigenvalue weighted by molar-refractivity contribution is 9.10. The summed E-state index contributed by atoms with van der Waals surface area (Å²) >= 11 is 3.42. The van der Waals surface area contributed by atoms with Crippen molar-refractivity contribution in [2.24, 2.45) is 11.8 Å². The Balaban J connectivity index is 1.79. The van der Waals surface area contributed by atoms with Crippen molar-refractivity contribution >= 4 is 27.0 Å². The second kappa shape index (κ2) is 5.92. The van der Waals surface area contributed by atoms with Crippen LogP contribution in [-0.2, 0) is 0 Å². The maximum Gasteiger partial charge on any atom is 0.148 e. The molecular weight excluding hydrogens is 316 g/mol. The molecule has 2 atom stereocenters. The number of ether oxygens (including phenoxy) is 1. The third-order valence-corrected chi connectivity index (χ3v) is 4.31. The van der Waals surface area contributed by atoms with Crippen LogP contribution in [0.3, 0.4) is 0 Å². The summed E-state index contributed by atoms with van der Waals surface area (Å²) in [5, 5.41) is 0. The lowest BCUT2D eigenvalue weighted by atomic mass is 9.85. The number of fused-ring (bicyclic) bond motifs is 1. The topological polar surface area (TPSA) is 35.0 Å². The van der Waals surface area contributed by atoms with Crippen LogP contribution in [0.25, 0.3) is 11.0 Å². The first-order valence-electron chi connectivity index (χ1n) is 6.92. The van der Waals surface area contributed by atoms with E-state index in [0.717, 1.165) is 40.7 Å². The van der Waals surface area contributed by atoms with Crippen molar-refractivity contribution in [2.75, 3.05) is 6.61 Å². The largest absolute Gasteiger partial charge is 0.491 e. The van der Waals surface area contributed by atoms with Crippen molar-refractivity contribution in [3.8, 4) is 5.75 Å². The van der Waals surface area contributed by atoms with Gasteiger partial charge in [-0.05, 0) is 46.7 Å². The fourth-order valence-corrected chi connectivity index (χ4v) is 2.85. The fraction of sp³-hybridized carbons (Fsp3) is 0.375. The molecule has 1 aliphatic carbocycles. The smallest absolute Gasteiger partial charge is 0.148 e. The summed E-state index contributed by atoms with van der Waals surface area (Å²) in [6.07, 6.45) is 10.3. The van der Waals surface area contributed by atoms with Gasteiger partial charge in [0.15, 0.2) is 0 Å². The molecule has 2 aromatic rings. The number of aromatic nitrogens is 2. The molecule has 20 heavy (non-hydrogen) atoms. The number of halogens is 1. The Morgan fingerprint density at radius 1 is 1.30 bits per heavy atom. The molecule has 0 saturated carbocycles. The molecule has 4 heteroatoms. The molecule has 0 N–H and O–H groups in total. The summed E-state index contributed by atoms with van der Waals surface area (Å²) in [5.41, 5.74) is 1.68. The molecule has 0 bridgehead atoms. The van der Waals surface area contributed by atoms with Crippen LogP contribution in [0.1, 0.15) is 19.8 Å². The Labute approximate surface area is 127 Å². The van der Waals surface area contributed by atoms with E-state index in [1.165, 1.54) is 0 Å². The quantitative estimate of drug-likeness (QED) is 0.782. The summed E-state index contributed by atoms with van der Waals surface area (Å²) in [7, 11) is 0. The zero-order valence-corrected chi connectivity index (χ0v) is 13.0. The van der Waals surface area contributed by atoms with Gasteiger partial charge < -0.3 is 4.74 Å². The number of allylic oxidation sites excluding steroid dienone is 2. The Bertz CT molecular complexity index is 641. The third kappa shape index (κ3) is 2.85. The average Bonchev–Trinajstić information content (AvgIpc) is 2.46. The van der Waals surface area contributed by atoms with Gasteiger partial charge in [-0.1, -0.05) is 19.1 Å². The van der Waals surface area contributed by atoms with E-state index in [0.29, 0.717) is 11.8 Å². The van der Waals surface area contributed by atoms with Crippen molar-refractivity contribution in [1.82, 2.24) is 9.97 Å². The summed E-state index contributed by atoms with van der Waals surface area (Å²) in [6.45, 7) is 3.03. The number of nitrogens with zero attached hydrogens (tertiary/aromatic N) is 2. The molecule has 0 amide bonds. The van der Waals surface area contributed by atoms with E-state index < -0.39 is 0 Å². The number of pyridine rings is 2. The minimum Gasteiger partial charge on any atom is -0.491 e. The third-order valence-electron chi connectivity index (χ3n) is 3.88. The first-order valence-corrected chi connectivity index (χ1v) is 7.71. The van der Waals surface area contributed by atoms with Gasteiger partial charge in [0.1, 0.15) is 11.3 Å². The van der Waals surface area contributed by atoms with Crippen LogP contribution < -0.4 is 4.74 Å². The van der Waals surface area contributed by atoms with E-state index in [9.17, 15) is 0 Å². The molecule has 0 saturated heterocycles. The van der Waals surface area contributed by atoms with Gasteiger partial charge in [-0.15, -0.1) is 0 Å². The molecule has 3 rings (SSSR count). The van der Waals surface area contributed by atoms with Crippen molar-refractivity contribution in [1.29, 1.82) is 0 Å². The molecule has 2 unspecified atom stereocenters. The zero-order valence-electron chi connectivity index (χ0n) is 11.4. The van der Waals surface area contributed by atoms with Crippen molar-refractivity contribution in [2.45, 2.75) is 19.8 Å². The molecule has 0 aromatic carbocycles. The number of hydrogen-bond donors (Lipinski definition) is 0. The second-order valence-corrected chi connectivity index (χ2v) is 6.24. The van der Waals surface area contributed by atoms with Gasteiger partial charge in [0.05, 0.1) is 12.1 Å². The van der Waals surface area contributed by atoms with Gasteiger partial charge in [0, 0.05) is 22.9 Å². The molecule has 2 aromatic heterocycles. The van der Waals surface area contributed by atoms with E-state index in [1.807, 2.05) is 12.1 Å². The predicted octanol–water partition coefficient (Wildman–Crippen LogP) is 4.37. The second-order valence-electron chi connectivity index (χ2n) is 5.32. The highest BCUT2D eigenvalue weighted by Gasteiger charge is 2.19. The lowest BCUT2D eigenvalue weighted by Crippen LogP contribution is -2.21. The monoisotopic (exact) mass is 332 g/mol. The molecule has 0 spiro atoms. The molecule has 2 heterocycles. The SMILES string of the molecule is CC1CC=CCC1COc1ccnc2cc(Br)cnc12.